The monoisotopic (exact) mass is 309 g/mol. The number of likely N-dealkylation sites (tertiary alicyclic amines) is 1. The fraction of sp³-hybridized carbons (Fsp3) is 0.714. The molecule has 0 radical (unpaired) electrons. The summed E-state index contributed by atoms with van der Waals surface area (Å²) in [4.78, 5) is 50.0. The number of carboxylic acids is 1. The molecule has 1 aliphatic carbocycles. The first-order valence-electron chi connectivity index (χ1n) is 7.51. The number of amides is 4. The van der Waals surface area contributed by atoms with Crippen LogP contribution in [0.15, 0.2) is 0 Å². The van der Waals surface area contributed by atoms with E-state index in [-0.39, 0.29) is 11.8 Å². The van der Waals surface area contributed by atoms with E-state index in [2.05, 4.69) is 5.32 Å². The fourth-order valence-corrected chi connectivity index (χ4v) is 3.34. The highest BCUT2D eigenvalue weighted by atomic mass is 16.4. The summed E-state index contributed by atoms with van der Waals surface area (Å²) >= 11 is 0. The van der Waals surface area contributed by atoms with Gasteiger partial charge in [-0.25, -0.2) is 9.59 Å². The fourth-order valence-electron chi connectivity index (χ4n) is 3.34. The molecule has 1 saturated carbocycles. The molecule has 2 saturated heterocycles. The summed E-state index contributed by atoms with van der Waals surface area (Å²) in [5.74, 6) is -1.80. The highest BCUT2D eigenvalue weighted by molar-refractivity contribution is 6.09. The highest BCUT2D eigenvalue weighted by Crippen LogP contribution is 2.42. The van der Waals surface area contributed by atoms with Gasteiger partial charge in [0.2, 0.25) is 5.91 Å². The van der Waals surface area contributed by atoms with Crippen LogP contribution in [0.4, 0.5) is 4.79 Å². The van der Waals surface area contributed by atoms with Crippen LogP contribution in [-0.4, -0.2) is 63.4 Å². The van der Waals surface area contributed by atoms with E-state index in [1.807, 2.05) is 0 Å². The number of hydrogen-bond donors (Lipinski definition) is 2. The topological polar surface area (TPSA) is 107 Å². The third kappa shape index (κ3) is 2.22. The van der Waals surface area contributed by atoms with Gasteiger partial charge in [0.05, 0.1) is 0 Å². The Morgan fingerprint density at radius 1 is 1.32 bits per heavy atom. The van der Waals surface area contributed by atoms with Crippen molar-refractivity contribution in [1.29, 1.82) is 0 Å². The standard InChI is InChI=1S/C14H19N3O5/c1-14(8-4-5-8)12(21)17(13(22)15-14)7-10(18)16-6-2-3-9(16)11(19)20/h8-9H,2-7H2,1H3,(H,15,22)(H,19,20)/t9-,14+/m1/s1. The number of carbonyl (C=O) groups is 4. The first-order valence-corrected chi connectivity index (χ1v) is 7.51. The molecule has 0 bridgehead atoms. The molecule has 2 N–H and O–H groups in total. The SMILES string of the molecule is C[C@@]1(C2CC2)NC(=O)N(CC(=O)N2CCC[C@@H]2C(=O)O)C1=O. The van der Waals surface area contributed by atoms with E-state index >= 15 is 0 Å². The van der Waals surface area contributed by atoms with Crippen LogP contribution in [0.2, 0.25) is 0 Å². The average Bonchev–Trinajstić information content (AvgIpc) is 3.15. The minimum Gasteiger partial charge on any atom is -0.480 e. The van der Waals surface area contributed by atoms with Crippen LogP contribution in [0.5, 0.6) is 0 Å². The second kappa shape index (κ2) is 4.96. The quantitative estimate of drug-likeness (QED) is 0.698. The summed E-state index contributed by atoms with van der Waals surface area (Å²) in [5, 5.41) is 11.8. The van der Waals surface area contributed by atoms with E-state index in [4.69, 9.17) is 5.11 Å². The van der Waals surface area contributed by atoms with Crippen molar-refractivity contribution in [3.05, 3.63) is 0 Å². The Bertz CT molecular complexity index is 559. The maximum atomic E-state index is 12.4. The number of aliphatic carboxylic acids is 1. The van der Waals surface area contributed by atoms with Crippen molar-refractivity contribution in [2.45, 2.75) is 44.2 Å². The van der Waals surface area contributed by atoms with Gasteiger partial charge in [-0.15, -0.1) is 0 Å². The van der Waals surface area contributed by atoms with Crippen molar-refractivity contribution in [3.63, 3.8) is 0 Å². The van der Waals surface area contributed by atoms with E-state index in [9.17, 15) is 19.2 Å². The smallest absolute Gasteiger partial charge is 0.326 e. The van der Waals surface area contributed by atoms with Crippen molar-refractivity contribution < 1.29 is 24.3 Å². The second-order valence-corrected chi connectivity index (χ2v) is 6.38. The largest absolute Gasteiger partial charge is 0.480 e. The van der Waals surface area contributed by atoms with Gasteiger partial charge in [0.25, 0.3) is 5.91 Å². The molecule has 3 fully saturated rings. The second-order valence-electron chi connectivity index (χ2n) is 6.38. The zero-order chi connectivity index (χ0) is 16.1. The van der Waals surface area contributed by atoms with Gasteiger partial charge in [0.15, 0.2) is 0 Å². The van der Waals surface area contributed by atoms with Crippen molar-refractivity contribution in [2.75, 3.05) is 13.1 Å². The molecule has 3 rings (SSSR count). The number of carbonyl (C=O) groups excluding carboxylic acids is 3. The number of hydrogen-bond acceptors (Lipinski definition) is 4. The number of urea groups is 1. The van der Waals surface area contributed by atoms with E-state index in [1.54, 1.807) is 6.92 Å². The molecule has 0 spiro atoms. The lowest BCUT2D eigenvalue weighted by Gasteiger charge is -2.24. The molecule has 4 amide bonds. The molecule has 2 atom stereocenters. The molecule has 120 valence electrons. The molecule has 0 aromatic heterocycles. The predicted molar refractivity (Wildman–Crippen MR) is 73.7 cm³/mol. The van der Waals surface area contributed by atoms with Gasteiger partial charge in [-0.1, -0.05) is 0 Å². The summed E-state index contributed by atoms with van der Waals surface area (Å²) in [6.07, 6.45) is 2.79. The Morgan fingerprint density at radius 2 is 2.00 bits per heavy atom. The minimum atomic E-state index is -1.05. The molecule has 22 heavy (non-hydrogen) atoms. The van der Waals surface area contributed by atoms with Crippen LogP contribution >= 0.6 is 0 Å². The molecule has 0 unspecified atom stereocenters. The number of rotatable bonds is 4. The summed E-state index contributed by atoms with van der Waals surface area (Å²) in [7, 11) is 0. The van der Waals surface area contributed by atoms with E-state index in [1.165, 1.54) is 4.90 Å². The van der Waals surface area contributed by atoms with Crippen molar-refractivity contribution in [3.8, 4) is 0 Å². The minimum absolute atomic E-state index is 0.127. The van der Waals surface area contributed by atoms with Crippen molar-refractivity contribution >= 4 is 23.8 Å². The maximum absolute atomic E-state index is 12.4. The molecule has 2 aliphatic heterocycles. The van der Waals surface area contributed by atoms with E-state index < -0.39 is 36.0 Å². The molecule has 0 aromatic rings. The highest BCUT2D eigenvalue weighted by Gasteiger charge is 2.56. The third-order valence-electron chi connectivity index (χ3n) is 4.85. The Hall–Kier alpha value is -2.12. The third-order valence-corrected chi connectivity index (χ3v) is 4.85. The van der Waals surface area contributed by atoms with Gasteiger partial charge >= 0.3 is 12.0 Å². The lowest BCUT2D eigenvalue weighted by Crippen LogP contribution is -2.48. The lowest BCUT2D eigenvalue weighted by molar-refractivity contribution is -0.149. The Kier molecular flexibility index (Phi) is 3.34. The molecular weight excluding hydrogens is 290 g/mol. The Labute approximate surface area is 127 Å². The zero-order valence-corrected chi connectivity index (χ0v) is 12.4. The molecule has 2 heterocycles. The van der Waals surface area contributed by atoms with Gasteiger partial charge in [-0.3, -0.25) is 14.5 Å². The summed E-state index contributed by atoms with van der Waals surface area (Å²) in [5.41, 5.74) is -0.922. The van der Waals surface area contributed by atoms with Gasteiger partial charge in [-0.05, 0) is 38.5 Å². The summed E-state index contributed by atoms with van der Waals surface area (Å²) in [6.45, 7) is 1.64. The summed E-state index contributed by atoms with van der Waals surface area (Å²) < 4.78 is 0. The number of nitrogens with zero attached hydrogens (tertiary/aromatic N) is 2. The molecule has 3 aliphatic rings. The first kappa shape index (κ1) is 14.8. The van der Waals surface area contributed by atoms with Gasteiger partial charge in [0, 0.05) is 6.54 Å². The van der Waals surface area contributed by atoms with E-state index in [0.29, 0.717) is 19.4 Å². The first-order chi connectivity index (χ1) is 10.3. The molecule has 8 nitrogen and oxygen atoms in total. The number of imide groups is 1. The Morgan fingerprint density at radius 3 is 2.59 bits per heavy atom. The maximum Gasteiger partial charge on any atom is 0.326 e. The molecule has 8 heteroatoms. The molecular formula is C14H19N3O5. The van der Waals surface area contributed by atoms with Crippen LogP contribution in [-0.2, 0) is 14.4 Å². The Balaban J connectivity index is 1.70. The number of carboxylic acid groups (broad SMARTS) is 1. The molecule has 0 aromatic carbocycles. The van der Waals surface area contributed by atoms with Crippen LogP contribution in [0.3, 0.4) is 0 Å². The van der Waals surface area contributed by atoms with Crippen molar-refractivity contribution in [2.24, 2.45) is 5.92 Å². The number of nitrogens with one attached hydrogen (secondary N) is 1. The van der Waals surface area contributed by atoms with E-state index in [0.717, 1.165) is 17.7 Å². The predicted octanol–water partition coefficient (Wildman–Crippen LogP) is -0.217. The van der Waals surface area contributed by atoms with Crippen LogP contribution in [0.25, 0.3) is 0 Å². The van der Waals surface area contributed by atoms with Crippen LogP contribution in [0.1, 0.15) is 32.6 Å². The normalized spacial score (nSPS) is 31.6. The van der Waals surface area contributed by atoms with Crippen LogP contribution in [0, 0.1) is 5.92 Å². The summed E-state index contributed by atoms with van der Waals surface area (Å²) in [6, 6.07) is -1.43. The van der Waals surface area contributed by atoms with Gasteiger partial charge in [-0.2, -0.15) is 0 Å². The lowest BCUT2D eigenvalue weighted by atomic mass is 9.96. The average molecular weight is 309 g/mol. The van der Waals surface area contributed by atoms with Crippen LogP contribution < -0.4 is 5.32 Å². The van der Waals surface area contributed by atoms with Crippen molar-refractivity contribution in [1.82, 2.24) is 15.1 Å². The van der Waals surface area contributed by atoms with Gasteiger partial charge < -0.3 is 15.3 Å². The van der Waals surface area contributed by atoms with Gasteiger partial charge in [0.1, 0.15) is 18.1 Å². The zero-order valence-electron chi connectivity index (χ0n) is 12.4.